The fourth-order valence-electron chi connectivity index (χ4n) is 6.22. The molecule has 0 amide bonds. The summed E-state index contributed by atoms with van der Waals surface area (Å²) >= 11 is 0. The van der Waals surface area contributed by atoms with Gasteiger partial charge in [-0.15, -0.1) is 0 Å². The Balaban J connectivity index is 0.00000256. The molecule has 2 aliphatic heterocycles. The molecule has 0 saturated carbocycles. The van der Waals surface area contributed by atoms with E-state index in [1.165, 1.54) is 24.3 Å². The molecular weight excluding hydrogens is 895 g/mol. The number of benzene rings is 4. The zero-order chi connectivity index (χ0) is 39.7. The van der Waals surface area contributed by atoms with E-state index in [0.29, 0.717) is 0 Å². The van der Waals surface area contributed by atoms with E-state index in [0.717, 1.165) is 48.5 Å². The summed E-state index contributed by atoms with van der Waals surface area (Å²) in [5.74, 6) is -0.713. The van der Waals surface area contributed by atoms with Crippen LogP contribution in [-0.4, -0.2) is 81.8 Å². The number of fused-ring (bicyclic) bond motifs is 20. The maximum Gasteiger partial charge on any atom is 2.00 e. The summed E-state index contributed by atoms with van der Waals surface area (Å²) in [4.78, 5) is 33.8. The molecule has 9 rings (SSSR count). The van der Waals surface area contributed by atoms with Crippen LogP contribution in [-0.2, 0) is 57.5 Å². The Morgan fingerprint density at radius 3 is 1.10 bits per heavy atom. The molecule has 288 valence electrons. The van der Waals surface area contributed by atoms with E-state index in [1.54, 1.807) is 0 Å². The molecule has 8 bridgehead atoms. The van der Waals surface area contributed by atoms with Gasteiger partial charge in [-0.2, -0.15) is 25.3 Å². The summed E-state index contributed by atoms with van der Waals surface area (Å²) in [5.41, 5.74) is -0.360. The van der Waals surface area contributed by atoms with Crippen molar-refractivity contribution in [1.29, 1.82) is 0 Å². The first-order chi connectivity index (χ1) is 26.2. The third-order valence-corrected chi connectivity index (χ3v) is 12.1. The van der Waals surface area contributed by atoms with E-state index in [2.05, 4.69) is 39.9 Å². The molecule has 0 saturated heterocycles. The quantitative estimate of drug-likeness (QED) is 0.152. The summed E-state index contributed by atoms with van der Waals surface area (Å²) in [6, 6.07) is 13.5. The first-order valence-electron chi connectivity index (χ1n) is 15.4. The summed E-state index contributed by atoms with van der Waals surface area (Å²) < 4.78 is 139. The van der Waals surface area contributed by atoms with Gasteiger partial charge in [0.2, 0.25) is 0 Å². The van der Waals surface area contributed by atoms with E-state index in [9.17, 15) is 51.9 Å². The predicted molar refractivity (Wildman–Crippen MR) is 191 cm³/mol. The van der Waals surface area contributed by atoms with Gasteiger partial charge in [0.15, 0.2) is 0 Å². The second kappa shape index (κ2) is 14.0. The second-order valence-corrected chi connectivity index (χ2v) is 17.8. The minimum absolute atomic E-state index is 0. The fourth-order valence-corrected chi connectivity index (χ4v) is 8.23. The SMILES string of the molecule is O=S(=O)([O-])c1ccc2c3nc4nc(nc5[n-]c(nc6nc(nc([n-]3)c2c1)-c1ccc(S(=O)(=O)O)cc1-6)c1ccc(S(=O)(=O)O)cc51)-c1ccc(S(=O)(=O)O)cc1-4.[Fe+2].[Na+]. The molecule has 0 unspecified atom stereocenters. The minimum Gasteiger partial charge on any atom is -0.744 e. The van der Waals surface area contributed by atoms with Gasteiger partial charge in [-0.3, -0.25) is 13.7 Å². The molecule has 20 nitrogen and oxygen atoms in total. The molecule has 58 heavy (non-hydrogen) atoms. The van der Waals surface area contributed by atoms with E-state index >= 15 is 0 Å². The maximum atomic E-state index is 12.2. The van der Waals surface area contributed by atoms with Gasteiger partial charge in [0.05, 0.1) is 42.9 Å². The van der Waals surface area contributed by atoms with E-state index in [-0.39, 0.29) is 136 Å². The third kappa shape index (κ3) is 7.12. The molecule has 26 heteroatoms. The predicted octanol–water partition coefficient (Wildman–Crippen LogP) is -0.227. The van der Waals surface area contributed by atoms with Crippen molar-refractivity contribution in [3.05, 3.63) is 72.8 Å². The van der Waals surface area contributed by atoms with Gasteiger partial charge in [0.25, 0.3) is 30.4 Å². The summed E-state index contributed by atoms with van der Waals surface area (Å²) in [6.45, 7) is 0. The Labute approximate surface area is 358 Å². The summed E-state index contributed by atoms with van der Waals surface area (Å²) in [7, 11) is -19.3. The Kier molecular flexibility index (Phi) is 10.0. The zero-order valence-corrected chi connectivity index (χ0v) is 34.9. The number of hydrogen-bond donors (Lipinski definition) is 3. The first-order valence-corrected chi connectivity index (χ1v) is 21.1. The Morgan fingerprint density at radius 2 is 0.724 bits per heavy atom. The largest absolute Gasteiger partial charge is 2.00 e. The Hall–Kier alpha value is -4.60. The number of rotatable bonds is 4. The van der Waals surface area contributed by atoms with Crippen LogP contribution in [0.5, 0.6) is 0 Å². The fraction of sp³-hybridized carbons (Fsp3) is 0. The van der Waals surface area contributed by atoms with E-state index in [1.807, 2.05) is 0 Å². The third-order valence-electron chi connectivity index (χ3n) is 8.77. The van der Waals surface area contributed by atoms with Crippen molar-refractivity contribution in [2.45, 2.75) is 19.6 Å². The van der Waals surface area contributed by atoms with Gasteiger partial charge in [0.1, 0.15) is 10.1 Å². The topological polar surface area (TPSA) is 326 Å². The van der Waals surface area contributed by atoms with Crippen LogP contribution in [0.1, 0.15) is 0 Å². The average Bonchev–Trinajstić information content (AvgIpc) is 3.84. The summed E-state index contributed by atoms with van der Waals surface area (Å²) in [6.07, 6.45) is 0. The molecule has 7 aromatic rings. The van der Waals surface area contributed by atoms with Gasteiger partial charge >= 0.3 is 46.6 Å². The Bertz CT molecular complexity index is 3380. The normalized spacial score (nSPS) is 12.8. The smallest absolute Gasteiger partial charge is 0.744 e. The van der Waals surface area contributed by atoms with Gasteiger partial charge < -0.3 is 34.5 Å². The van der Waals surface area contributed by atoms with Gasteiger partial charge in [0, 0.05) is 44.8 Å². The minimum atomic E-state index is -5.00. The molecule has 4 aromatic carbocycles. The van der Waals surface area contributed by atoms with Crippen LogP contribution in [0.3, 0.4) is 0 Å². The van der Waals surface area contributed by atoms with Crippen LogP contribution in [0, 0.1) is 0 Å². The van der Waals surface area contributed by atoms with Crippen molar-refractivity contribution in [3.63, 3.8) is 0 Å². The van der Waals surface area contributed by atoms with Crippen LogP contribution in [0.4, 0.5) is 0 Å². The van der Waals surface area contributed by atoms with E-state index in [4.69, 9.17) is 0 Å². The van der Waals surface area contributed by atoms with Crippen molar-refractivity contribution < 1.29 is 98.5 Å². The molecule has 3 aromatic heterocycles. The molecule has 0 atom stereocenters. The van der Waals surface area contributed by atoms with Crippen molar-refractivity contribution >= 4 is 84.6 Å². The summed E-state index contributed by atoms with van der Waals surface area (Å²) in [5, 5.41) is 0.329. The number of nitrogens with zero attached hydrogens (tertiary/aromatic N) is 8. The van der Waals surface area contributed by atoms with Crippen molar-refractivity contribution in [2.24, 2.45) is 0 Å². The van der Waals surface area contributed by atoms with Crippen LogP contribution in [0.2, 0.25) is 0 Å². The molecule has 0 radical (unpaired) electrons. The molecule has 2 aliphatic rings. The van der Waals surface area contributed by atoms with Crippen LogP contribution in [0.15, 0.2) is 92.4 Å². The van der Waals surface area contributed by atoms with Crippen molar-refractivity contribution in [3.8, 4) is 45.6 Å². The molecule has 0 spiro atoms. The molecule has 5 heterocycles. The van der Waals surface area contributed by atoms with Crippen LogP contribution < -0.4 is 39.5 Å². The van der Waals surface area contributed by atoms with Gasteiger partial charge in [-0.25, -0.2) is 18.4 Å². The standard InChI is InChI=1S/C32H16N8O12S4.Fe.Na/c41-53(42,43)13-1-5-17-21(9-13)29-33-25(17)37-30-22-10-14(54(44,45)46)2-6-18(22)27(34-30)39-32-24-12-16(56(50,51)52)4-8-20(24)28(36-32)40-31-23-11-15(55(47,48)49)3-7-19(23)26(35-31)38-29;;/h1-12H,(H4-2,33,34,35,36,37,38,39,40,41,42,43,44,45,46,47,48,49,50,51,52);;/q-2;+2;+1/p-1. The molecular formula is C32H15FeN8NaO12S4. The van der Waals surface area contributed by atoms with Gasteiger partial charge in [-0.1, -0.05) is 24.3 Å². The molecule has 3 N–H and O–H groups in total. The van der Waals surface area contributed by atoms with Crippen molar-refractivity contribution in [1.82, 2.24) is 39.9 Å². The monoisotopic (exact) mass is 910 g/mol. The maximum absolute atomic E-state index is 12.2. The first kappa shape index (κ1) is 41.6. The number of hydrogen-bond acceptors (Lipinski definition) is 15. The zero-order valence-electron chi connectivity index (χ0n) is 28.5. The van der Waals surface area contributed by atoms with E-state index < -0.39 is 60.1 Å². The average molecular weight is 911 g/mol. The number of aromatic nitrogens is 8. The molecule has 0 fully saturated rings. The van der Waals surface area contributed by atoms with Crippen LogP contribution >= 0.6 is 0 Å². The molecule has 0 aliphatic carbocycles. The van der Waals surface area contributed by atoms with Gasteiger partial charge in [-0.05, 0) is 70.1 Å². The van der Waals surface area contributed by atoms with Crippen LogP contribution in [0.25, 0.3) is 89.7 Å². The van der Waals surface area contributed by atoms with Crippen molar-refractivity contribution in [2.75, 3.05) is 0 Å². The Morgan fingerprint density at radius 1 is 0.414 bits per heavy atom. The second-order valence-electron chi connectivity index (χ2n) is 12.2.